The van der Waals surface area contributed by atoms with Gasteiger partial charge in [-0.15, -0.1) is 0 Å². The third-order valence-corrected chi connectivity index (χ3v) is 5.11. The zero-order valence-corrected chi connectivity index (χ0v) is 24.1. The van der Waals surface area contributed by atoms with Gasteiger partial charge in [-0.2, -0.15) is 13.3 Å². The van der Waals surface area contributed by atoms with E-state index >= 15 is 0 Å². The number of piperidine rings is 1. The molecule has 0 aromatic heterocycles. The molecular formula is C23H43Cm2NO-2. The van der Waals surface area contributed by atoms with Crippen LogP contribution in [0.2, 0.25) is 0 Å². The Labute approximate surface area is 158 Å². The number of hydrogen-bond donors (Lipinski definition) is 0. The summed E-state index contributed by atoms with van der Waals surface area (Å²) in [4.78, 5) is 6.08. The SMILES string of the molecule is CCCC/C=C\CCCCCCCCCON1[C-](C)C[CH-]CC1(C)C.[Cm].[Cm]. The van der Waals surface area contributed by atoms with Gasteiger partial charge in [0, 0.05) is 0 Å². The van der Waals surface area contributed by atoms with Gasteiger partial charge in [-0.1, -0.05) is 64.0 Å². The third kappa shape index (κ3) is 11.8. The van der Waals surface area contributed by atoms with Crippen LogP contribution < -0.4 is 0 Å². The van der Waals surface area contributed by atoms with Gasteiger partial charge in [-0.3, -0.25) is 12.5 Å². The summed E-state index contributed by atoms with van der Waals surface area (Å²) < 4.78 is 0. The Balaban J connectivity index is 0. The van der Waals surface area contributed by atoms with Crippen LogP contribution in [-0.4, -0.2) is 17.2 Å². The van der Waals surface area contributed by atoms with Gasteiger partial charge < -0.3 is 16.3 Å². The molecule has 4 heteroatoms. The molecule has 0 saturated carbocycles. The first-order chi connectivity index (χ1) is 12.1. The van der Waals surface area contributed by atoms with Crippen molar-refractivity contribution in [3.63, 3.8) is 0 Å². The monoisotopic (exact) mass is 835 g/mol. The van der Waals surface area contributed by atoms with Crippen molar-refractivity contribution < 1.29 is 4.84 Å². The minimum Gasteiger partial charge on any atom is -0.354 e. The summed E-state index contributed by atoms with van der Waals surface area (Å²) in [6, 6.07) is 1.35. The van der Waals surface area contributed by atoms with Gasteiger partial charge in [0.1, 0.15) is 0 Å². The molecule has 1 aliphatic heterocycles. The van der Waals surface area contributed by atoms with E-state index in [1.165, 1.54) is 76.7 Å². The topological polar surface area (TPSA) is 12.5 Å². The van der Waals surface area contributed by atoms with Crippen molar-refractivity contribution in [1.29, 1.82) is 0 Å². The molecule has 0 unspecified atom stereocenters. The molecule has 0 bridgehead atoms. The average molecular weight is 844 g/mol. The summed E-state index contributed by atoms with van der Waals surface area (Å²) in [6.07, 6.45) is 23.9. The van der Waals surface area contributed by atoms with Crippen molar-refractivity contribution in [3.8, 4) is 0 Å². The minimum absolute atomic E-state index is 0. The van der Waals surface area contributed by atoms with E-state index in [1.54, 1.807) is 0 Å². The van der Waals surface area contributed by atoms with Crippen molar-refractivity contribution >= 4 is 0 Å². The van der Waals surface area contributed by atoms with Crippen LogP contribution in [0.25, 0.3) is 0 Å². The molecule has 1 saturated heterocycles. The van der Waals surface area contributed by atoms with Gasteiger partial charge in [-0.25, -0.2) is 0 Å². The first-order valence-corrected chi connectivity index (χ1v) is 10.8. The number of hydrogen-bond acceptors (Lipinski definition) is 2. The molecule has 0 aliphatic carbocycles. The smallest absolute Gasteiger partial charge is 0.0652 e. The van der Waals surface area contributed by atoms with Crippen LogP contribution in [-0.2, 0) is 4.84 Å². The number of unbranched alkanes of at least 4 members (excludes halogenated alkanes) is 9. The van der Waals surface area contributed by atoms with Gasteiger partial charge >= 0.3 is 0 Å². The maximum Gasteiger partial charge on any atom is 0.0652 e. The molecule has 1 heterocycles. The van der Waals surface area contributed by atoms with E-state index in [9.17, 15) is 0 Å². The number of nitrogens with zero attached hydrogens (tertiary/aromatic N) is 1. The minimum atomic E-state index is 0. The second-order valence-electron chi connectivity index (χ2n) is 8.25. The number of hydroxylamine groups is 2. The Bertz CT molecular complexity index is 347. The predicted molar refractivity (Wildman–Crippen MR) is 110 cm³/mol. The number of allylic oxidation sites excluding steroid dienone is 2. The second kappa shape index (κ2) is 15.9. The molecule has 0 N–H and O–H groups in total. The molecule has 164 valence electrons. The second-order valence-corrected chi connectivity index (χ2v) is 8.25. The molecule has 0 aromatic carbocycles. The fourth-order valence-electron chi connectivity index (χ4n) is 3.56. The van der Waals surface area contributed by atoms with Crippen LogP contribution >= 0.6 is 0 Å². The van der Waals surface area contributed by atoms with Crippen LogP contribution in [0.5, 0.6) is 0 Å². The van der Waals surface area contributed by atoms with Crippen LogP contribution in [0, 0.1) is 12.5 Å². The fraction of sp³-hybridized carbons (Fsp3) is 0.826. The Morgan fingerprint density at radius 1 is 0.926 bits per heavy atom. The van der Waals surface area contributed by atoms with E-state index in [4.69, 9.17) is 4.84 Å². The molecule has 0 atom stereocenters. The standard InChI is InChI=1S/C23H43NO.2Cm/c1-5-6-7-8-9-10-11-12-13-14-15-16-17-21-25-24-22(2)19-18-20-23(24,3)4;;/h8-9,18H,5-7,10-17,19-21H2,1-4H3;;/q-2;;/b9-8-;;. The van der Waals surface area contributed by atoms with Gasteiger partial charge in [0.05, 0.1) is 6.61 Å². The zero-order valence-electron chi connectivity index (χ0n) is 18.2. The maximum atomic E-state index is 6.08. The Hall–Kier alpha value is -2.34. The molecule has 1 rings (SSSR count). The van der Waals surface area contributed by atoms with Crippen molar-refractivity contribution in [2.24, 2.45) is 0 Å². The van der Waals surface area contributed by atoms with E-state index in [1.807, 2.05) is 0 Å². The maximum absolute atomic E-state index is 6.08. The van der Waals surface area contributed by atoms with Crippen molar-refractivity contribution in [2.45, 2.75) is 117 Å². The molecule has 1 fully saturated rings. The van der Waals surface area contributed by atoms with E-state index in [2.05, 4.69) is 51.3 Å². The largest absolute Gasteiger partial charge is 0.354 e. The Kier molecular flexibility index (Phi) is 15.8. The van der Waals surface area contributed by atoms with Gasteiger partial charge in [0.15, 0.2) is 0 Å². The molecule has 1 aliphatic rings. The first kappa shape index (κ1) is 26.9. The average Bonchev–Trinajstić information content (AvgIpc) is 2.57. The van der Waals surface area contributed by atoms with Crippen LogP contribution in [0.3, 0.4) is 0 Å². The van der Waals surface area contributed by atoms with Crippen LogP contribution in [0.1, 0.15) is 111 Å². The summed E-state index contributed by atoms with van der Waals surface area (Å²) >= 11 is 0. The van der Waals surface area contributed by atoms with Crippen molar-refractivity contribution in [1.82, 2.24) is 5.06 Å². The van der Waals surface area contributed by atoms with E-state index in [0.29, 0.717) is 0 Å². The number of rotatable bonds is 14. The quantitative estimate of drug-likeness (QED) is 0.103. The van der Waals surface area contributed by atoms with Crippen LogP contribution in [0.15, 0.2) is 12.2 Å². The summed E-state index contributed by atoms with van der Waals surface area (Å²) in [5, 5.41) is 2.17. The summed E-state index contributed by atoms with van der Waals surface area (Å²) in [6.45, 7) is 9.85. The summed E-state index contributed by atoms with van der Waals surface area (Å²) in [5.41, 5.74) is 0.118. The molecule has 0 spiro atoms. The van der Waals surface area contributed by atoms with Crippen molar-refractivity contribution in [3.05, 3.63) is 24.6 Å². The van der Waals surface area contributed by atoms with Gasteiger partial charge in [0.2, 0.25) is 0 Å². The summed E-state index contributed by atoms with van der Waals surface area (Å²) in [5.74, 6) is 0. The first-order valence-electron chi connectivity index (χ1n) is 10.8. The predicted octanol–water partition coefficient (Wildman–Crippen LogP) is 7.42. The molecular weight excluding hydrogens is 800 g/mol. The van der Waals surface area contributed by atoms with E-state index in [-0.39, 0.29) is 5.54 Å². The van der Waals surface area contributed by atoms with Crippen molar-refractivity contribution in [2.75, 3.05) is 6.61 Å². The van der Waals surface area contributed by atoms with E-state index in [0.717, 1.165) is 19.4 Å². The molecule has 2 nitrogen and oxygen atoms in total. The zero-order chi connectivity index (χ0) is 18.4. The van der Waals surface area contributed by atoms with E-state index < -0.39 is 0 Å². The fourth-order valence-corrected chi connectivity index (χ4v) is 3.56. The molecule has 27 heavy (non-hydrogen) atoms. The molecule has 0 radical (unpaired) electrons. The normalized spacial score (nSPS) is 17.6. The molecule has 0 amide bonds. The van der Waals surface area contributed by atoms with Gasteiger partial charge in [-0.05, 0) is 45.1 Å². The molecule has 0 aromatic rings. The Morgan fingerprint density at radius 3 is 2.07 bits per heavy atom. The third-order valence-electron chi connectivity index (χ3n) is 5.11. The Morgan fingerprint density at radius 2 is 1.48 bits per heavy atom. The van der Waals surface area contributed by atoms with Crippen LogP contribution in [0.4, 0.5) is 0 Å². The summed E-state index contributed by atoms with van der Waals surface area (Å²) in [7, 11) is 0. The van der Waals surface area contributed by atoms with Gasteiger partial charge in [0.25, 0.3) is 0 Å².